The van der Waals surface area contributed by atoms with Gasteiger partial charge < -0.3 is 24.1 Å². The van der Waals surface area contributed by atoms with Gasteiger partial charge in [0, 0.05) is 33.1 Å². The summed E-state index contributed by atoms with van der Waals surface area (Å²) in [6, 6.07) is 10.2. The minimum Gasteiger partial charge on any atom is -0.493 e. The third-order valence-corrected chi connectivity index (χ3v) is 4.79. The first-order chi connectivity index (χ1) is 14.8. The number of hydrogen-bond donors (Lipinski definition) is 1. The highest BCUT2D eigenvalue weighted by molar-refractivity contribution is 6.04. The molecule has 0 saturated carbocycles. The second kappa shape index (κ2) is 9.38. The van der Waals surface area contributed by atoms with Gasteiger partial charge in [-0.15, -0.1) is 0 Å². The van der Waals surface area contributed by atoms with Crippen LogP contribution in [-0.2, 0) is 11.3 Å². The fourth-order valence-corrected chi connectivity index (χ4v) is 3.24. The normalized spacial score (nSPS) is 10.7. The number of hydrogen-bond acceptors (Lipinski definition) is 6. The standard InChI is InChI=1S/C22H25N3O6/c1-24(2)21(27)14-12-18(29-3)19(30-4)13-15(14)23-20(26)10-7-11-25-16-8-5-6-9-17(16)31-22(25)28/h5-6,8-9,12-13H,7,10-11H2,1-4H3,(H,23,26). The molecule has 1 aromatic heterocycles. The summed E-state index contributed by atoms with van der Waals surface area (Å²) in [6.45, 7) is 0.332. The summed E-state index contributed by atoms with van der Waals surface area (Å²) in [5.41, 5.74) is 1.81. The average molecular weight is 427 g/mol. The number of nitrogens with zero attached hydrogens (tertiary/aromatic N) is 2. The van der Waals surface area contributed by atoms with Crippen LogP contribution in [0, 0.1) is 0 Å². The summed E-state index contributed by atoms with van der Waals surface area (Å²) in [5, 5.41) is 2.77. The van der Waals surface area contributed by atoms with Crippen LogP contribution < -0.4 is 20.5 Å². The number of ether oxygens (including phenoxy) is 2. The molecule has 0 fully saturated rings. The molecular weight excluding hydrogens is 402 g/mol. The molecule has 2 amide bonds. The molecule has 0 unspecified atom stereocenters. The molecule has 3 aromatic rings. The summed E-state index contributed by atoms with van der Waals surface area (Å²) >= 11 is 0. The first-order valence-corrected chi connectivity index (χ1v) is 9.71. The molecule has 0 radical (unpaired) electrons. The molecule has 0 atom stereocenters. The molecule has 2 aromatic carbocycles. The van der Waals surface area contributed by atoms with E-state index in [0.29, 0.717) is 41.3 Å². The van der Waals surface area contributed by atoms with Crippen molar-refractivity contribution in [2.75, 3.05) is 33.6 Å². The van der Waals surface area contributed by atoms with Crippen molar-refractivity contribution in [3.05, 3.63) is 52.5 Å². The van der Waals surface area contributed by atoms with Crippen LogP contribution in [0.15, 0.2) is 45.6 Å². The maximum atomic E-state index is 12.6. The second-order valence-electron chi connectivity index (χ2n) is 7.09. The van der Waals surface area contributed by atoms with E-state index in [-0.39, 0.29) is 23.8 Å². The highest BCUT2D eigenvalue weighted by Crippen LogP contribution is 2.34. The fourth-order valence-electron chi connectivity index (χ4n) is 3.24. The summed E-state index contributed by atoms with van der Waals surface area (Å²) in [5.74, 6) is -0.254. The predicted octanol–water partition coefficient (Wildman–Crippen LogP) is 2.73. The van der Waals surface area contributed by atoms with Crippen molar-refractivity contribution in [2.45, 2.75) is 19.4 Å². The zero-order valence-corrected chi connectivity index (χ0v) is 17.9. The highest BCUT2D eigenvalue weighted by atomic mass is 16.5. The third kappa shape index (κ3) is 4.71. The van der Waals surface area contributed by atoms with Gasteiger partial charge in [0.1, 0.15) is 0 Å². The fraction of sp³-hybridized carbons (Fsp3) is 0.318. The summed E-state index contributed by atoms with van der Waals surface area (Å²) < 4.78 is 17.3. The van der Waals surface area contributed by atoms with Crippen molar-refractivity contribution in [2.24, 2.45) is 0 Å². The van der Waals surface area contributed by atoms with E-state index in [1.165, 1.54) is 29.8 Å². The van der Waals surface area contributed by atoms with Crippen LogP contribution in [0.3, 0.4) is 0 Å². The van der Waals surface area contributed by atoms with Crippen molar-refractivity contribution in [1.82, 2.24) is 9.47 Å². The zero-order chi connectivity index (χ0) is 22.5. The minimum absolute atomic E-state index is 0.149. The van der Waals surface area contributed by atoms with Crippen LogP contribution in [0.1, 0.15) is 23.2 Å². The molecule has 9 heteroatoms. The Labute approximate surface area is 179 Å². The van der Waals surface area contributed by atoms with E-state index in [2.05, 4.69) is 5.32 Å². The molecule has 1 N–H and O–H groups in total. The lowest BCUT2D eigenvalue weighted by molar-refractivity contribution is -0.116. The first-order valence-electron chi connectivity index (χ1n) is 9.71. The van der Waals surface area contributed by atoms with Gasteiger partial charge in [0.05, 0.1) is 31.0 Å². The lowest BCUT2D eigenvalue weighted by atomic mass is 10.1. The third-order valence-electron chi connectivity index (χ3n) is 4.79. The van der Waals surface area contributed by atoms with Gasteiger partial charge in [-0.2, -0.15) is 0 Å². The molecule has 0 aliphatic carbocycles. The van der Waals surface area contributed by atoms with Gasteiger partial charge in [0.25, 0.3) is 5.91 Å². The molecular formula is C22H25N3O6. The number of methoxy groups -OCH3 is 2. The van der Waals surface area contributed by atoms with Crippen molar-refractivity contribution in [3.63, 3.8) is 0 Å². The Morgan fingerprint density at radius 1 is 1.10 bits per heavy atom. The highest BCUT2D eigenvalue weighted by Gasteiger charge is 2.20. The molecule has 1 heterocycles. The number of para-hydroxylation sites is 2. The largest absolute Gasteiger partial charge is 0.493 e. The van der Waals surface area contributed by atoms with Crippen LogP contribution in [0.2, 0.25) is 0 Å². The summed E-state index contributed by atoms with van der Waals surface area (Å²) in [6.07, 6.45) is 0.565. The minimum atomic E-state index is -0.458. The first kappa shape index (κ1) is 21.9. The number of aromatic nitrogens is 1. The lowest BCUT2D eigenvalue weighted by Crippen LogP contribution is -2.24. The Hall–Kier alpha value is -3.75. The molecule has 9 nitrogen and oxygen atoms in total. The van der Waals surface area contributed by atoms with Gasteiger partial charge in [-0.25, -0.2) is 4.79 Å². The van der Waals surface area contributed by atoms with Crippen molar-refractivity contribution in [1.29, 1.82) is 0 Å². The van der Waals surface area contributed by atoms with E-state index in [1.807, 2.05) is 6.07 Å². The number of oxazole rings is 1. The Morgan fingerprint density at radius 3 is 2.45 bits per heavy atom. The Morgan fingerprint density at radius 2 is 1.77 bits per heavy atom. The van der Waals surface area contributed by atoms with Gasteiger partial charge >= 0.3 is 5.76 Å². The number of fused-ring (bicyclic) bond motifs is 1. The molecule has 0 aliphatic rings. The molecule has 3 rings (SSSR count). The van der Waals surface area contributed by atoms with Crippen LogP contribution in [-0.4, -0.2) is 49.6 Å². The molecule has 0 aliphatic heterocycles. The van der Waals surface area contributed by atoms with Crippen molar-refractivity contribution in [3.8, 4) is 11.5 Å². The van der Waals surface area contributed by atoms with Gasteiger partial charge in [-0.3, -0.25) is 14.2 Å². The van der Waals surface area contributed by atoms with Gasteiger partial charge in [0.15, 0.2) is 17.1 Å². The number of aryl methyl sites for hydroxylation is 1. The molecule has 31 heavy (non-hydrogen) atoms. The Balaban J connectivity index is 1.74. The predicted molar refractivity (Wildman–Crippen MR) is 116 cm³/mol. The smallest absolute Gasteiger partial charge is 0.419 e. The zero-order valence-electron chi connectivity index (χ0n) is 17.9. The number of benzene rings is 2. The van der Waals surface area contributed by atoms with Crippen molar-refractivity contribution >= 4 is 28.6 Å². The Kier molecular flexibility index (Phi) is 6.64. The number of nitrogens with one attached hydrogen (secondary N) is 1. The van der Waals surface area contributed by atoms with Crippen LogP contribution in [0.5, 0.6) is 11.5 Å². The van der Waals surface area contributed by atoms with E-state index >= 15 is 0 Å². The van der Waals surface area contributed by atoms with Crippen molar-refractivity contribution < 1.29 is 23.5 Å². The molecule has 0 bridgehead atoms. The lowest BCUT2D eigenvalue weighted by Gasteiger charge is -2.18. The quantitative estimate of drug-likeness (QED) is 0.593. The number of anilines is 1. The van der Waals surface area contributed by atoms with Crippen LogP contribution in [0.25, 0.3) is 11.1 Å². The topological polar surface area (TPSA) is 103 Å². The van der Waals surface area contributed by atoms with E-state index in [9.17, 15) is 14.4 Å². The molecule has 164 valence electrons. The van der Waals surface area contributed by atoms with Crippen LogP contribution >= 0.6 is 0 Å². The average Bonchev–Trinajstić information content (AvgIpc) is 3.08. The molecule has 0 saturated heterocycles. The number of amides is 2. The summed E-state index contributed by atoms with van der Waals surface area (Å²) in [4.78, 5) is 38.6. The van der Waals surface area contributed by atoms with Gasteiger partial charge in [-0.05, 0) is 24.6 Å². The Bertz CT molecular complexity index is 1160. The maximum absolute atomic E-state index is 12.6. The van der Waals surface area contributed by atoms with Gasteiger partial charge in [-0.1, -0.05) is 12.1 Å². The number of rotatable bonds is 8. The molecule has 0 spiro atoms. The monoisotopic (exact) mass is 427 g/mol. The number of carbonyl (C=O) groups excluding carboxylic acids is 2. The van der Waals surface area contributed by atoms with E-state index in [0.717, 1.165) is 0 Å². The van der Waals surface area contributed by atoms with Gasteiger partial charge in [0.2, 0.25) is 5.91 Å². The van der Waals surface area contributed by atoms with E-state index < -0.39 is 5.76 Å². The SMILES string of the molecule is COc1cc(NC(=O)CCCn2c(=O)oc3ccccc32)c(C(=O)N(C)C)cc1OC. The summed E-state index contributed by atoms with van der Waals surface area (Å²) in [7, 11) is 6.20. The second-order valence-corrected chi connectivity index (χ2v) is 7.09. The van der Waals surface area contributed by atoms with Crippen LogP contribution in [0.4, 0.5) is 5.69 Å². The maximum Gasteiger partial charge on any atom is 0.419 e. The van der Waals surface area contributed by atoms with E-state index in [4.69, 9.17) is 13.9 Å². The van der Waals surface area contributed by atoms with E-state index in [1.54, 1.807) is 38.4 Å². The number of carbonyl (C=O) groups is 2.